The average molecular weight is 660 g/mol. The number of carbonyl (C=O) groups excluding carboxylic acids is 1. The first-order valence-corrected chi connectivity index (χ1v) is 17.1. The molecule has 5 rings (SSSR count). The van der Waals surface area contributed by atoms with E-state index in [0.29, 0.717) is 33.5 Å². The third-order valence-electron chi connectivity index (χ3n) is 6.69. The highest BCUT2D eigenvalue weighted by Gasteiger charge is 2.31. The van der Waals surface area contributed by atoms with Gasteiger partial charge in [-0.25, -0.2) is 31.4 Å². The molecule has 0 bridgehead atoms. The van der Waals surface area contributed by atoms with E-state index in [0.717, 1.165) is 30.4 Å². The molecule has 0 saturated carbocycles. The maximum Gasteiger partial charge on any atom is 0.390 e. The fraction of sp³-hybridized carbons (Fsp3) is 0.269. The van der Waals surface area contributed by atoms with Crippen molar-refractivity contribution < 1.29 is 39.4 Å². The van der Waals surface area contributed by atoms with E-state index in [1.54, 1.807) is 17.0 Å². The fourth-order valence-electron chi connectivity index (χ4n) is 4.47. The van der Waals surface area contributed by atoms with Gasteiger partial charge < -0.3 is 9.88 Å². The van der Waals surface area contributed by atoms with Crippen LogP contribution in [0.1, 0.15) is 22.3 Å². The lowest BCUT2D eigenvalue weighted by Crippen LogP contribution is -2.38. The first-order valence-electron chi connectivity index (χ1n) is 12.6. The second kappa shape index (κ2) is 12.1. The number of alkyl halides is 3. The zero-order valence-corrected chi connectivity index (χ0v) is 24.4. The molecule has 9 nitrogen and oxygen atoms in total. The number of benzene rings is 1. The Labute approximate surface area is 247 Å². The van der Waals surface area contributed by atoms with Gasteiger partial charge in [0.2, 0.25) is 15.8 Å². The number of hydrogen-bond donors (Lipinski definition) is 2. The van der Waals surface area contributed by atoms with Crippen LogP contribution in [0.5, 0.6) is 0 Å². The van der Waals surface area contributed by atoms with Gasteiger partial charge in [0.1, 0.15) is 27.5 Å². The highest BCUT2D eigenvalue weighted by molar-refractivity contribution is 8.31. The number of sulfonamides is 1. The van der Waals surface area contributed by atoms with Crippen LogP contribution in [-0.4, -0.2) is 69.9 Å². The summed E-state index contributed by atoms with van der Waals surface area (Å²) in [6, 6.07) is 6.54. The van der Waals surface area contributed by atoms with Gasteiger partial charge in [0.25, 0.3) is 0 Å². The fourth-order valence-corrected chi connectivity index (χ4v) is 7.61. The molecule has 3 aromatic heterocycles. The van der Waals surface area contributed by atoms with Crippen molar-refractivity contribution in [3.05, 3.63) is 71.7 Å². The van der Waals surface area contributed by atoms with Crippen molar-refractivity contribution >= 4 is 58.0 Å². The van der Waals surface area contributed by atoms with Gasteiger partial charge in [-0.2, -0.15) is 13.2 Å². The Balaban J connectivity index is 1.42. The molecule has 0 amide bonds. The molecule has 0 spiro atoms. The maximum atomic E-state index is 15.3. The number of rotatable bonds is 8. The molecule has 43 heavy (non-hydrogen) atoms. The average Bonchev–Trinajstić information content (AvgIpc) is 3.41. The van der Waals surface area contributed by atoms with E-state index < -0.39 is 57.0 Å². The molecule has 1 aliphatic heterocycles. The summed E-state index contributed by atoms with van der Waals surface area (Å²) < 4.78 is 104. The van der Waals surface area contributed by atoms with Crippen molar-refractivity contribution in [1.29, 1.82) is 0 Å². The van der Waals surface area contributed by atoms with E-state index in [9.17, 15) is 35.0 Å². The van der Waals surface area contributed by atoms with E-state index >= 15 is 4.39 Å². The van der Waals surface area contributed by atoms with Crippen molar-refractivity contribution in [3.8, 4) is 11.1 Å². The van der Waals surface area contributed by atoms with E-state index in [1.807, 2.05) is 12.1 Å². The molecule has 4 aromatic rings. The molecular formula is C26H22F5N5O4S3. The van der Waals surface area contributed by atoms with Crippen molar-refractivity contribution in [2.24, 2.45) is 0 Å². The molecule has 4 heterocycles. The highest BCUT2D eigenvalue weighted by atomic mass is 32.8. The molecule has 0 aliphatic carbocycles. The van der Waals surface area contributed by atoms with Gasteiger partial charge >= 0.3 is 6.18 Å². The van der Waals surface area contributed by atoms with Crippen molar-refractivity contribution in [2.45, 2.75) is 12.6 Å². The largest absolute Gasteiger partial charge is 0.390 e. The van der Waals surface area contributed by atoms with E-state index in [1.165, 1.54) is 12.4 Å². The monoisotopic (exact) mass is 659 g/mol. The number of nitrogens with zero attached hydrogens (tertiary/aromatic N) is 3. The lowest BCUT2D eigenvalue weighted by atomic mass is 10.00. The minimum absolute atomic E-state index is 0.163. The van der Waals surface area contributed by atoms with Gasteiger partial charge in [-0.3, -0.25) is 9.52 Å². The van der Waals surface area contributed by atoms with Crippen LogP contribution in [-0.2, 0) is 29.7 Å². The van der Waals surface area contributed by atoms with Crippen LogP contribution in [0.15, 0.2) is 48.9 Å². The topological polar surface area (TPSA) is 125 Å². The number of aromatic nitrogens is 3. The molecule has 1 fully saturated rings. The molecule has 228 valence electrons. The lowest BCUT2D eigenvalue weighted by molar-refractivity contribution is -0.129. The normalized spacial score (nSPS) is 14.7. The highest BCUT2D eigenvalue weighted by Crippen LogP contribution is 2.30. The van der Waals surface area contributed by atoms with Crippen LogP contribution in [0.4, 0.5) is 33.5 Å². The number of carbonyl (C=O) groups is 1. The Hall–Kier alpha value is -3.70. The minimum Gasteiger partial charge on any atom is -0.355 e. The number of H-pyrrole nitrogens is 1. The second-order valence-corrected chi connectivity index (χ2v) is 15.0. The number of halogens is 5. The van der Waals surface area contributed by atoms with Crippen LogP contribution < -0.4 is 9.62 Å². The molecule has 1 aromatic carbocycles. The van der Waals surface area contributed by atoms with Crippen LogP contribution in [0.25, 0.3) is 22.2 Å². The Bertz CT molecular complexity index is 1860. The quantitative estimate of drug-likeness (QED) is 0.212. The van der Waals surface area contributed by atoms with Gasteiger partial charge in [0, 0.05) is 65.3 Å². The lowest BCUT2D eigenvalue weighted by Gasteiger charge is -2.28. The number of pyridine rings is 2. The molecule has 0 unspecified atom stereocenters. The molecule has 0 radical (unpaired) electrons. The zero-order chi connectivity index (χ0) is 30.9. The van der Waals surface area contributed by atoms with Crippen molar-refractivity contribution in [2.75, 3.05) is 40.0 Å². The van der Waals surface area contributed by atoms with Crippen molar-refractivity contribution in [3.63, 3.8) is 0 Å². The van der Waals surface area contributed by atoms with Gasteiger partial charge in [0.05, 0.1) is 23.4 Å². The molecule has 0 atom stereocenters. The standard InChI is InChI=1S/C26H22F5N5O4S3/c27-19-2-3-20(35-43(39,40)10-5-26(29,30)31)23(28)22(19)24(37)18-14-34-25-17(18)11-16(13-33-25)15-1-4-21(32-12-15)36-6-8-42(41-38)9-7-36/h1-4,11-14,35H,5-10H2,(H,33,34). The second-order valence-electron chi connectivity index (χ2n) is 9.53. The van der Waals surface area contributed by atoms with Gasteiger partial charge in [-0.1, -0.05) is 9.45 Å². The minimum atomic E-state index is -4.77. The van der Waals surface area contributed by atoms with E-state index in [4.69, 9.17) is 0 Å². The summed E-state index contributed by atoms with van der Waals surface area (Å²) >= 11 is 0. The SMILES string of the molecule is O=S=S1CCN(c2ccc(-c3cnc4[nH]cc(C(=O)c5c(F)ccc(NS(=O)(=O)CCC(F)(F)F)c5F)c4c3)cn2)CC1. The van der Waals surface area contributed by atoms with E-state index in [-0.39, 0.29) is 26.1 Å². The first-order chi connectivity index (χ1) is 20.3. The summed E-state index contributed by atoms with van der Waals surface area (Å²) in [6.07, 6.45) is -2.10. The predicted molar refractivity (Wildman–Crippen MR) is 155 cm³/mol. The molecule has 17 heteroatoms. The third kappa shape index (κ3) is 6.94. The summed E-state index contributed by atoms with van der Waals surface area (Å²) in [7, 11) is -4.20. The zero-order valence-electron chi connectivity index (χ0n) is 22.0. The maximum absolute atomic E-state index is 15.3. The summed E-state index contributed by atoms with van der Waals surface area (Å²) in [5.74, 6) is -3.07. The number of anilines is 2. The summed E-state index contributed by atoms with van der Waals surface area (Å²) in [4.78, 5) is 27.0. The Morgan fingerprint density at radius 1 is 1.07 bits per heavy atom. The number of ketones is 1. The van der Waals surface area contributed by atoms with Crippen LogP contribution in [0, 0.1) is 11.6 Å². The van der Waals surface area contributed by atoms with Crippen LogP contribution in [0.2, 0.25) is 0 Å². The van der Waals surface area contributed by atoms with Gasteiger partial charge in [-0.15, -0.1) is 0 Å². The molecule has 1 aliphatic rings. The smallest absolute Gasteiger partial charge is 0.355 e. The predicted octanol–water partition coefficient (Wildman–Crippen LogP) is 4.39. The Kier molecular flexibility index (Phi) is 8.67. The Morgan fingerprint density at radius 3 is 2.44 bits per heavy atom. The molecular weight excluding hydrogens is 638 g/mol. The summed E-state index contributed by atoms with van der Waals surface area (Å²) in [6.45, 7) is 1.44. The number of nitrogens with one attached hydrogen (secondary N) is 2. The molecule has 2 N–H and O–H groups in total. The van der Waals surface area contributed by atoms with Crippen LogP contribution >= 0.6 is 0 Å². The first kappa shape index (κ1) is 30.7. The summed E-state index contributed by atoms with van der Waals surface area (Å²) in [5, 5.41) is 0.222. The third-order valence-corrected chi connectivity index (χ3v) is 11.0. The van der Waals surface area contributed by atoms with E-state index in [2.05, 4.69) is 19.9 Å². The Morgan fingerprint density at radius 2 is 1.79 bits per heavy atom. The van der Waals surface area contributed by atoms with Crippen LogP contribution in [0.3, 0.4) is 0 Å². The summed E-state index contributed by atoms with van der Waals surface area (Å²) in [5.41, 5.74) is -0.681. The van der Waals surface area contributed by atoms with Gasteiger partial charge in [0.15, 0.2) is 5.82 Å². The van der Waals surface area contributed by atoms with Gasteiger partial charge in [-0.05, 0) is 30.3 Å². The number of fused-ring (bicyclic) bond motifs is 1. The molecule has 1 saturated heterocycles. The number of hydrogen-bond acceptors (Lipinski definition) is 7. The number of aromatic amines is 1. The van der Waals surface area contributed by atoms with Crippen molar-refractivity contribution in [1.82, 2.24) is 15.0 Å².